The molecule has 0 spiro atoms. The van der Waals surface area contributed by atoms with Crippen molar-refractivity contribution in [3.05, 3.63) is 83.3 Å². The zero-order valence-electron chi connectivity index (χ0n) is 10.9. The smallest absolute Gasteiger partial charge is 0.0175 e. The van der Waals surface area contributed by atoms with Gasteiger partial charge in [0.2, 0.25) is 0 Å². The van der Waals surface area contributed by atoms with E-state index < -0.39 is 0 Å². The van der Waals surface area contributed by atoms with Gasteiger partial charge in [-0.1, -0.05) is 82.7 Å². The SMILES string of the molecule is Brc1ccc(-c2ccccc2-c2ccccc2)cc1.S. The normalized spacial score (nSPS) is 9.85. The van der Waals surface area contributed by atoms with E-state index in [-0.39, 0.29) is 13.5 Å². The second kappa shape index (κ2) is 6.78. The zero-order valence-corrected chi connectivity index (χ0v) is 13.5. The summed E-state index contributed by atoms with van der Waals surface area (Å²) in [6, 6.07) is 27.5. The molecular formula is C18H15BrS. The molecule has 0 saturated heterocycles. The Labute approximate surface area is 135 Å². The van der Waals surface area contributed by atoms with Gasteiger partial charge in [-0.2, -0.15) is 13.5 Å². The lowest BCUT2D eigenvalue weighted by atomic mass is 9.95. The molecule has 3 aromatic rings. The van der Waals surface area contributed by atoms with Crippen LogP contribution in [-0.2, 0) is 0 Å². The second-order valence-corrected chi connectivity index (χ2v) is 5.33. The van der Waals surface area contributed by atoms with Crippen LogP contribution in [0.2, 0.25) is 0 Å². The third-order valence-corrected chi connectivity index (χ3v) is 3.70. The average molecular weight is 343 g/mol. The fourth-order valence-corrected chi connectivity index (χ4v) is 2.50. The highest BCUT2D eigenvalue weighted by Gasteiger charge is 2.05. The van der Waals surface area contributed by atoms with E-state index in [0.717, 1.165) is 4.47 Å². The molecule has 0 nitrogen and oxygen atoms in total. The lowest BCUT2D eigenvalue weighted by molar-refractivity contribution is 1.57. The summed E-state index contributed by atoms with van der Waals surface area (Å²) < 4.78 is 1.11. The monoisotopic (exact) mass is 342 g/mol. The van der Waals surface area contributed by atoms with Crippen LogP contribution in [-0.4, -0.2) is 0 Å². The highest BCUT2D eigenvalue weighted by Crippen LogP contribution is 2.32. The Morgan fingerprint density at radius 2 is 0.950 bits per heavy atom. The molecule has 0 aromatic heterocycles. The number of benzene rings is 3. The Morgan fingerprint density at radius 3 is 1.50 bits per heavy atom. The zero-order chi connectivity index (χ0) is 13.1. The topological polar surface area (TPSA) is 0 Å². The fraction of sp³-hybridized carbons (Fsp3) is 0. The van der Waals surface area contributed by atoms with Gasteiger partial charge in [0.25, 0.3) is 0 Å². The van der Waals surface area contributed by atoms with Crippen LogP contribution in [0.3, 0.4) is 0 Å². The molecule has 0 aliphatic carbocycles. The first-order chi connectivity index (χ1) is 9.34. The number of hydrogen-bond donors (Lipinski definition) is 0. The highest BCUT2D eigenvalue weighted by molar-refractivity contribution is 9.10. The maximum Gasteiger partial charge on any atom is 0.0175 e. The van der Waals surface area contributed by atoms with Gasteiger partial charge in [0.1, 0.15) is 0 Å². The maximum absolute atomic E-state index is 3.48. The first-order valence-electron chi connectivity index (χ1n) is 6.25. The van der Waals surface area contributed by atoms with Crippen LogP contribution in [0.15, 0.2) is 83.3 Å². The van der Waals surface area contributed by atoms with Crippen molar-refractivity contribution in [3.63, 3.8) is 0 Å². The molecule has 0 aliphatic rings. The molecule has 0 atom stereocenters. The van der Waals surface area contributed by atoms with Crippen molar-refractivity contribution < 1.29 is 0 Å². The van der Waals surface area contributed by atoms with Crippen molar-refractivity contribution in [2.75, 3.05) is 0 Å². The average Bonchev–Trinajstić information content (AvgIpc) is 2.49. The Morgan fingerprint density at radius 1 is 0.500 bits per heavy atom. The summed E-state index contributed by atoms with van der Waals surface area (Å²) in [5.74, 6) is 0. The summed E-state index contributed by atoms with van der Waals surface area (Å²) >= 11 is 3.48. The summed E-state index contributed by atoms with van der Waals surface area (Å²) in [4.78, 5) is 0. The molecule has 0 aliphatic heterocycles. The molecule has 20 heavy (non-hydrogen) atoms. The van der Waals surface area contributed by atoms with E-state index in [1.54, 1.807) is 0 Å². The molecule has 3 aromatic carbocycles. The van der Waals surface area contributed by atoms with Gasteiger partial charge in [0, 0.05) is 4.47 Å². The Bertz CT molecular complexity index is 675. The number of rotatable bonds is 2. The van der Waals surface area contributed by atoms with Gasteiger partial charge in [0.05, 0.1) is 0 Å². The first kappa shape index (κ1) is 14.9. The quantitative estimate of drug-likeness (QED) is 0.544. The lowest BCUT2D eigenvalue weighted by Gasteiger charge is -2.10. The minimum absolute atomic E-state index is 0. The van der Waals surface area contributed by atoms with Gasteiger partial charge in [-0.25, -0.2) is 0 Å². The maximum atomic E-state index is 3.48. The first-order valence-corrected chi connectivity index (χ1v) is 7.04. The molecule has 0 saturated carbocycles. The lowest BCUT2D eigenvalue weighted by Crippen LogP contribution is -1.84. The predicted molar refractivity (Wildman–Crippen MR) is 95.4 cm³/mol. The number of halogens is 1. The standard InChI is InChI=1S/C18H13Br.H2S/c19-16-12-10-15(11-13-16)18-9-5-4-8-17(18)14-6-2-1-3-7-14;/h1-13H;1H2. The largest absolute Gasteiger partial charge is 0.197 e. The van der Waals surface area contributed by atoms with Crippen molar-refractivity contribution in [3.8, 4) is 22.3 Å². The number of hydrogen-bond acceptors (Lipinski definition) is 0. The van der Waals surface area contributed by atoms with Crippen LogP contribution in [0.5, 0.6) is 0 Å². The van der Waals surface area contributed by atoms with E-state index in [4.69, 9.17) is 0 Å². The van der Waals surface area contributed by atoms with Crippen LogP contribution >= 0.6 is 29.4 Å². The summed E-state index contributed by atoms with van der Waals surface area (Å²) in [5, 5.41) is 0. The Kier molecular flexibility index (Phi) is 5.05. The van der Waals surface area contributed by atoms with Crippen LogP contribution in [0.4, 0.5) is 0 Å². The predicted octanol–water partition coefficient (Wildman–Crippen LogP) is 5.90. The van der Waals surface area contributed by atoms with E-state index in [1.807, 2.05) is 6.07 Å². The van der Waals surface area contributed by atoms with Crippen molar-refractivity contribution in [1.82, 2.24) is 0 Å². The molecule has 0 amide bonds. The van der Waals surface area contributed by atoms with E-state index in [2.05, 4.69) is 88.7 Å². The molecular weight excluding hydrogens is 328 g/mol. The van der Waals surface area contributed by atoms with Crippen LogP contribution in [0.1, 0.15) is 0 Å². The minimum atomic E-state index is 0. The molecule has 0 radical (unpaired) electrons. The van der Waals surface area contributed by atoms with E-state index in [1.165, 1.54) is 22.3 Å². The van der Waals surface area contributed by atoms with Gasteiger partial charge in [-0.15, -0.1) is 0 Å². The molecule has 0 bridgehead atoms. The summed E-state index contributed by atoms with van der Waals surface area (Å²) in [7, 11) is 0. The minimum Gasteiger partial charge on any atom is -0.197 e. The Balaban J connectivity index is 0.00000147. The van der Waals surface area contributed by atoms with E-state index >= 15 is 0 Å². The third-order valence-electron chi connectivity index (χ3n) is 3.17. The van der Waals surface area contributed by atoms with Crippen LogP contribution in [0, 0.1) is 0 Å². The second-order valence-electron chi connectivity index (χ2n) is 4.42. The molecule has 0 fully saturated rings. The van der Waals surface area contributed by atoms with Gasteiger partial charge in [0.15, 0.2) is 0 Å². The van der Waals surface area contributed by atoms with Gasteiger partial charge < -0.3 is 0 Å². The van der Waals surface area contributed by atoms with E-state index in [9.17, 15) is 0 Å². The Hall–Kier alpha value is -1.51. The summed E-state index contributed by atoms with van der Waals surface area (Å²) in [6.45, 7) is 0. The molecule has 3 rings (SSSR count). The molecule has 100 valence electrons. The molecule has 0 N–H and O–H groups in total. The fourth-order valence-electron chi connectivity index (χ4n) is 2.23. The van der Waals surface area contributed by atoms with Gasteiger partial charge in [-0.05, 0) is 34.4 Å². The van der Waals surface area contributed by atoms with Crippen LogP contribution in [0.25, 0.3) is 22.3 Å². The van der Waals surface area contributed by atoms with Crippen molar-refractivity contribution >= 4 is 29.4 Å². The summed E-state index contributed by atoms with van der Waals surface area (Å²) in [6.07, 6.45) is 0. The van der Waals surface area contributed by atoms with Crippen molar-refractivity contribution in [1.29, 1.82) is 0 Å². The van der Waals surface area contributed by atoms with Gasteiger partial charge in [-0.3, -0.25) is 0 Å². The van der Waals surface area contributed by atoms with Gasteiger partial charge >= 0.3 is 0 Å². The summed E-state index contributed by atoms with van der Waals surface area (Å²) in [5.41, 5.74) is 5.02. The molecule has 0 unspecified atom stereocenters. The third kappa shape index (κ3) is 3.14. The highest BCUT2D eigenvalue weighted by atomic mass is 79.9. The van der Waals surface area contributed by atoms with Crippen LogP contribution < -0.4 is 0 Å². The molecule has 2 heteroatoms. The van der Waals surface area contributed by atoms with E-state index in [0.29, 0.717) is 0 Å². The van der Waals surface area contributed by atoms with Crippen molar-refractivity contribution in [2.45, 2.75) is 0 Å². The molecule has 0 heterocycles. The van der Waals surface area contributed by atoms with Crippen molar-refractivity contribution in [2.24, 2.45) is 0 Å².